The van der Waals surface area contributed by atoms with Gasteiger partial charge in [-0.05, 0) is 42.7 Å². The molecule has 0 radical (unpaired) electrons. The largest absolute Gasteiger partial charge is 0.396 e. The number of aliphatic hydroxyl groups excluding tert-OH is 1. The second-order valence-electron chi connectivity index (χ2n) is 6.81. The highest BCUT2D eigenvalue weighted by Crippen LogP contribution is 2.48. The lowest BCUT2D eigenvalue weighted by Gasteiger charge is -2.46. The van der Waals surface area contributed by atoms with E-state index in [1.165, 1.54) is 0 Å². The Labute approximate surface area is 143 Å². The minimum absolute atomic E-state index is 0.0259. The molecule has 24 heavy (non-hydrogen) atoms. The number of hydrogen-bond acceptors (Lipinski definition) is 4. The Morgan fingerprint density at radius 1 is 1.33 bits per heavy atom. The Hall–Kier alpha value is -1.50. The molecule has 3 rings (SSSR count). The van der Waals surface area contributed by atoms with Crippen molar-refractivity contribution >= 4 is 20.8 Å². The Morgan fingerprint density at radius 2 is 2.12 bits per heavy atom. The number of rotatable bonds is 7. The SMILES string of the molecule is C[C@@H](CCO)C1(CNS(=O)(=O)c2cccc3cnccc23)CCC1. The first kappa shape index (κ1) is 17.3. The molecule has 130 valence electrons. The van der Waals surface area contributed by atoms with Gasteiger partial charge in [-0.1, -0.05) is 25.5 Å². The van der Waals surface area contributed by atoms with E-state index in [9.17, 15) is 13.5 Å². The molecule has 1 saturated carbocycles. The van der Waals surface area contributed by atoms with Crippen LogP contribution in [0.15, 0.2) is 41.6 Å². The number of nitrogens with one attached hydrogen (secondary N) is 1. The lowest BCUT2D eigenvalue weighted by atomic mass is 9.61. The number of sulfonamides is 1. The van der Waals surface area contributed by atoms with E-state index >= 15 is 0 Å². The topological polar surface area (TPSA) is 79.3 Å². The van der Waals surface area contributed by atoms with Crippen LogP contribution in [-0.2, 0) is 10.0 Å². The van der Waals surface area contributed by atoms with Crippen molar-refractivity contribution in [1.29, 1.82) is 0 Å². The van der Waals surface area contributed by atoms with Gasteiger partial charge in [-0.25, -0.2) is 13.1 Å². The van der Waals surface area contributed by atoms with Crippen LogP contribution in [0, 0.1) is 11.3 Å². The second-order valence-corrected chi connectivity index (χ2v) is 8.54. The van der Waals surface area contributed by atoms with Crippen LogP contribution < -0.4 is 4.72 Å². The molecule has 1 aliphatic carbocycles. The Kier molecular flexibility index (Phi) is 4.90. The number of hydrogen-bond donors (Lipinski definition) is 2. The van der Waals surface area contributed by atoms with Gasteiger partial charge >= 0.3 is 0 Å². The molecule has 1 fully saturated rings. The first-order valence-electron chi connectivity index (χ1n) is 8.42. The molecule has 0 unspecified atom stereocenters. The molecular weight excluding hydrogens is 324 g/mol. The van der Waals surface area contributed by atoms with E-state index in [0.717, 1.165) is 24.6 Å². The summed E-state index contributed by atoms with van der Waals surface area (Å²) >= 11 is 0. The molecule has 1 aromatic carbocycles. The summed E-state index contributed by atoms with van der Waals surface area (Å²) in [6, 6.07) is 6.97. The van der Waals surface area contributed by atoms with E-state index in [0.29, 0.717) is 29.2 Å². The standard InChI is InChI=1S/C18H24N2O3S/c1-14(7-11-21)18(8-3-9-18)13-20-24(22,23)17-5-2-4-15-12-19-10-6-16(15)17/h2,4-6,10,12,14,20-21H,3,7-9,11,13H2,1H3/t14-/m0/s1. The molecule has 1 atom stereocenters. The number of nitrogens with zero attached hydrogens (tertiary/aromatic N) is 1. The molecule has 0 bridgehead atoms. The predicted molar refractivity (Wildman–Crippen MR) is 94.1 cm³/mol. The molecule has 1 aliphatic rings. The normalized spacial score (nSPS) is 18.2. The maximum absolute atomic E-state index is 12.8. The summed E-state index contributed by atoms with van der Waals surface area (Å²) in [7, 11) is -3.59. The van der Waals surface area contributed by atoms with Gasteiger partial charge in [0.05, 0.1) is 4.90 Å². The van der Waals surface area contributed by atoms with Crippen molar-refractivity contribution in [1.82, 2.24) is 9.71 Å². The van der Waals surface area contributed by atoms with Gasteiger partial charge in [0, 0.05) is 36.3 Å². The van der Waals surface area contributed by atoms with Gasteiger partial charge in [-0.2, -0.15) is 0 Å². The fourth-order valence-corrected chi connectivity index (χ4v) is 4.98. The van der Waals surface area contributed by atoms with E-state index in [2.05, 4.69) is 16.6 Å². The Balaban J connectivity index is 1.83. The summed E-state index contributed by atoms with van der Waals surface area (Å²) in [6.45, 7) is 2.68. The van der Waals surface area contributed by atoms with Crippen molar-refractivity contribution in [3.8, 4) is 0 Å². The van der Waals surface area contributed by atoms with Gasteiger partial charge < -0.3 is 5.11 Å². The van der Waals surface area contributed by atoms with Crippen LogP contribution in [0.5, 0.6) is 0 Å². The van der Waals surface area contributed by atoms with Crippen LogP contribution in [0.4, 0.5) is 0 Å². The highest BCUT2D eigenvalue weighted by molar-refractivity contribution is 7.89. The summed E-state index contributed by atoms with van der Waals surface area (Å²) in [6.07, 6.45) is 7.13. The van der Waals surface area contributed by atoms with Crippen molar-refractivity contribution in [2.45, 2.75) is 37.5 Å². The molecule has 0 aliphatic heterocycles. The maximum Gasteiger partial charge on any atom is 0.241 e. The van der Waals surface area contributed by atoms with Crippen molar-refractivity contribution in [2.75, 3.05) is 13.2 Å². The Bertz CT molecular complexity index is 811. The van der Waals surface area contributed by atoms with Crippen LogP contribution in [0.2, 0.25) is 0 Å². The zero-order valence-corrected chi connectivity index (χ0v) is 14.7. The average molecular weight is 348 g/mol. The fraction of sp³-hybridized carbons (Fsp3) is 0.500. The van der Waals surface area contributed by atoms with Gasteiger partial charge in [-0.3, -0.25) is 4.98 Å². The number of aromatic nitrogens is 1. The molecule has 0 spiro atoms. The number of fused-ring (bicyclic) bond motifs is 1. The van der Waals surface area contributed by atoms with Crippen LogP contribution in [0.25, 0.3) is 10.8 Å². The van der Waals surface area contributed by atoms with Gasteiger partial charge in [0.1, 0.15) is 0 Å². The third-order valence-electron chi connectivity index (χ3n) is 5.50. The molecule has 0 amide bonds. The van der Waals surface area contributed by atoms with Crippen LogP contribution >= 0.6 is 0 Å². The second kappa shape index (κ2) is 6.78. The summed E-state index contributed by atoms with van der Waals surface area (Å²) in [4.78, 5) is 4.35. The minimum atomic E-state index is -3.59. The van der Waals surface area contributed by atoms with Crippen LogP contribution in [0.1, 0.15) is 32.6 Å². The van der Waals surface area contributed by atoms with E-state index in [4.69, 9.17) is 0 Å². The lowest BCUT2D eigenvalue weighted by Crippen LogP contribution is -2.46. The van der Waals surface area contributed by atoms with Crippen molar-refractivity contribution in [3.63, 3.8) is 0 Å². The van der Waals surface area contributed by atoms with Crippen LogP contribution in [-0.4, -0.2) is 31.7 Å². The highest BCUT2D eigenvalue weighted by atomic mass is 32.2. The van der Waals surface area contributed by atoms with Gasteiger partial charge in [0.2, 0.25) is 10.0 Å². The van der Waals surface area contributed by atoms with Crippen molar-refractivity contribution < 1.29 is 13.5 Å². The summed E-state index contributed by atoms with van der Waals surface area (Å²) < 4.78 is 28.5. The van der Waals surface area contributed by atoms with E-state index in [1.807, 2.05) is 6.07 Å². The average Bonchev–Trinajstić information content (AvgIpc) is 2.53. The highest BCUT2D eigenvalue weighted by Gasteiger charge is 2.42. The maximum atomic E-state index is 12.8. The molecule has 0 saturated heterocycles. The Morgan fingerprint density at radius 3 is 2.79 bits per heavy atom. The molecule has 2 N–H and O–H groups in total. The number of benzene rings is 1. The van der Waals surface area contributed by atoms with Crippen LogP contribution in [0.3, 0.4) is 0 Å². The quantitative estimate of drug-likeness (QED) is 0.806. The molecule has 6 heteroatoms. The first-order valence-corrected chi connectivity index (χ1v) is 9.90. The molecule has 5 nitrogen and oxygen atoms in total. The minimum Gasteiger partial charge on any atom is -0.396 e. The van der Waals surface area contributed by atoms with E-state index < -0.39 is 10.0 Å². The predicted octanol–water partition coefficient (Wildman–Crippen LogP) is 2.70. The monoisotopic (exact) mass is 348 g/mol. The smallest absolute Gasteiger partial charge is 0.241 e. The van der Waals surface area contributed by atoms with Gasteiger partial charge in [0.25, 0.3) is 0 Å². The molecule has 2 aromatic rings. The zero-order valence-electron chi connectivity index (χ0n) is 13.9. The third kappa shape index (κ3) is 3.18. The number of aliphatic hydroxyl groups is 1. The summed E-state index contributed by atoms with van der Waals surface area (Å²) in [5.74, 6) is 0.302. The third-order valence-corrected chi connectivity index (χ3v) is 6.96. The first-order chi connectivity index (χ1) is 11.5. The summed E-state index contributed by atoms with van der Waals surface area (Å²) in [5, 5.41) is 10.7. The molecular formula is C18H24N2O3S. The molecule has 1 heterocycles. The summed E-state index contributed by atoms with van der Waals surface area (Å²) in [5.41, 5.74) is -0.0259. The van der Waals surface area contributed by atoms with Crippen molar-refractivity contribution in [3.05, 3.63) is 36.7 Å². The van der Waals surface area contributed by atoms with Gasteiger partial charge in [0.15, 0.2) is 0 Å². The lowest BCUT2D eigenvalue weighted by molar-refractivity contribution is 0.0487. The van der Waals surface area contributed by atoms with Crippen molar-refractivity contribution in [2.24, 2.45) is 11.3 Å². The molecule has 1 aromatic heterocycles. The zero-order chi connectivity index (χ0) is 17.2. The number of pyridine rings is 1. The van der Waals surface area contributed by atoms with E-state index in [-0.39, 0.29) is 12.0 Å². The fourth-order valence-electron chi connectivity index (χ4n) is 3.62. The van der Waals surface area contributed by atoms with E-state index in [1.54, 1.807) is 30.6 Å². The van der Waals surface area contributed by atoms with Gasteiger partial charge in [-0.15, -0.1) is 0 Å².